The molecule has 7 heteroatoms. The Balaban J connectivity index is 1.60. The predicted octanol–water partition coefficient (Wildman–Crippen LogP) is 3.55. The Morgan fingerprint density at radius 3 is 3.04 bits per heavy atom. The number of aromatic nitrogens is 2. The molecule has 1 N–H and O–H groups in total. The summed E-state index contributed by atoms with van der Waals surface area (Å²) in [6.07, 6.45) is 4.48. The van der Waals surface area contributed by atoms with Gasteiger partial charge in [0.25, 0.3) is 5.56 Å². The lowest BCUT2D eigenvalue weighted by Gasteiger charge is -2.08. The number of hydrogen-bond donors (Lipinski definition) is 1. The summed E-state index contributed by atoms with van der Waals surface area (Å²) in [5.41, 5.74) is 2.54. The van der Waals surface area contributed by atoms with E-state index in [9.17, 15) is 9.59 Å². The highest BCUT2D eigenvalue weighted by molar-refractivity contribution is 7.18. The number of nitrogens with zero attached hydrogens (tertiary/aromatic N) is 2. The van der Waals surface area contributed by atoms with Gasteiger partial charge in [0.2, 0.25) is 5.91 Å². The van der Waals surface area contributed by atoms with Crippen LogP contribution in [0, 0.1) is 6.92 Å². The molecule has 0 saturated heterocycles. The van der Waals surface area contributed by atoms with Crippen molar-refractivity contribution in [2.75, 3.05) is 5.32 Å². The number of aryl methyl sites for hydroxylation is 3. The molecule has 0 saturated carbocycles. The first-order valence-electron chi connectivity index (χ1n) is 8.08. The Labute approximate surface area is 153 Å². The fourth-order valence-electron chi connectivity index (χ4n) is 3.16. The van der Waals surface area contributed by atoms with Crippen LogP contribution in [0.25, 0.3) is 10.2 Å². The molecule has 0 unspecified atom stereocenters. The van der Waals surface area contributed by atoms with Crippen molar-refractivity contribution in [1.82, 2.24) is 9.55 Å². The highest BCUT2D eigenvalue weighted by atomic mass is 35.5. The van der Waals surface area contributed by atoms with Crippen LogP contribution in [-0.4, -0.2) is 15.5 Å². The average molecular weight is 374 g/mol. The van der Waals surface area contributed by atoms with Crippen LogP contribution in [0.5, 0.6) is 0 Å². The molecule has 0 spiro atoms. The molecular formula is C18H16ClN3O2S. The number of halogens is 1. The first kappa shape index (κ1) is 16.3. The lowest BCUT2D eigenvalue weighted by Crippen LogP contribution is -2.28. The van der Waals surface area contributed by atoms with Crippen LogP contribution in [0.2, 0.25) is 5.02 Å². The first-order valence-corrected chi connectivity index (χ1v) is 9.28. The quantitative estimate of drug-likeness (QED) is 0.763. The molecule has 2 aromatic heterocycles. The summed E-state index contributed by atoms with van der Waals surface area (Å²) in [7, 11) is 0. The van der Waals surface area contributed by atoms with Gasteiger partial charge in [0.05, 0.1) is 11.7 Å². The number of benzene rings is 1. The lowest BCUT2D eigenvalue weighted by molar-refractivity contribution is -0.116. The fraction of sp³-hybridized carbons (Fsp3) is 0.278. The van der Waals surface area contributed by atoms with E-state index in [2.05, 4.69) is 10.3 Å². The topological polar surface area (TPSA) is 64.0 Å². The molecule has 1 aromatic carbocycles. The van der Waals surface area contributed by atoms with Crippen molar-refractivity contribution >= 4 is 44.7 Å². The van der Waals surface area contributed by atoms with Gasteiger partial charge in [-0.1, -0.05) is 17.7 Å². The number of carbonyl (C=O) groups is 1. The highest BCUT2D eigenvalue weighted by Gasteiger charge is 2.21. The summed E-state index contributed by atoms with van der Waals surface area (Å²) in [4.78, 5) is 31.5. The molecule has 3 aromatic rings. The van der Waals surface area contributed by atoms with E-state index in [4.69, 9.17) is 11.6 Å². The number of fused-ring (bicyclic) bond motifs is 3. The maximum absolute atomic E-state index is 12.8. The zero-order valence-corrected chi connectivity index (χ0v) is 15.2. The molecule has 128 valence electrons. The second-order valence-electron chi connectivity index (χ2n) is 6.23. The highest BCUT2D eigenvalue weighted by Crippen LogP contribution is 2.34. The van der Waals surface area contributed by atoms with Crippen molar-refractivity contribution in [2.45, 2.75) is 32.7 Å². The number of hydrogen-bond acceptors (Lipinski definition) is 4. The maximum atomic E-state index is 12.8. The van der Waals surface area contributed by atoms with Crippen LogP contribution in [-0.2, 0) is 24.2 Å². The molecule has 1 amide bonds. The SMILES string of the molecule is Cc1ccc(NC(=O)Cn2cnc3sc4c(c3c2=O)CCC4)cc1Cl. The molecular weight excluding hydrogens is 358 g/mol. The van der Waals surface area contributed by atoms with E-state index >= 15 is 0 Å². The van der Waals surface area contributed by atoms with Gasteiger partial charge in [-0.15, -0.1) is 11.3 Å². The van der Waals surface area contributed by atoms with Crippen molar-refractivity contribution in [3.8, 4) is 0 Å². The Hall–Kier alpha value is -2.18. The number of thiophene rings is 1. The van der Waals surface area contributed by atoms with Crippen molar-refractivity contribution in [3.05, 3.63) is 55.9 Å². The van der Waals surface area contributed by atoms with Gasteiger partial charge in [0.1, 0.15) is 11.4 Å². The van der Waals surface area contributed by atoms with Gasteiger partial charge in [-0.2, -0.15) is 0 Å². The molecule has 0 bridgehead atoms. The number of amides is 1. The van der Waals surface area contributed by atoms with E-state index in [-0.39, 0.29) is 18.0 Å². The van der Waals surface area contributed by atoms with Gasteiger partial charge in [-0.05, 0) is 49.4 Å². The van der Waals surface area contributed by atoms with Gasteiger partial charge in [-0.3, -0.25) is 14.2 Å². The van der Waals surface area contributed by atoms with Crippen molar-refractivity contribution in [1.29, 1.82) is 0 Å². The first-order chi connectivity index (χ1) is 12.0. The van der Waals surface area contributed by atoms with Gasteiger partial charge >= 0.3 is 0 Å². The van der Waals surface area contributed by atoms with Crippen LogP contribution in [0.3, 0.4) is 0 Å². The van der Waals surface area contributed by atoms with Gasteiger partial charge in [-0.25, -0.2) is 4.98 Å². The second-order valence-corrected chi connectivity index (χ2v) is 7.72. The maximum Gasteiger partial charge on any atom is 0.262 e. The summed E-state index contributed by atoms with van der Waals surface area (Å²) in [6.45, 7) is 1.82. The number of anilines is 1. The molecule has 4 rings (SSSR count). The Morgan fingerprint density at radius 2 is 2.24 bits per heavy atom. The zero-order valence-electron chi connectivity index (χ0n) is 13.6. The van der Waals surface area contributed by atoms with Gasteiger partial charge in [0, 0.05) is 15.6 Å². The third-order valence-electron chi connectivity index (χ3n) is 4.46. The van der Waals surface area contributed by atoms with E-state index in [0.29, 0.717) is 16.1 Å². The van der Waals surface area contributed by atoms with Crippen molar-refractivity contribution < 1.29 is 4.79 Å². The zero-order chi connectivity index (χ0) is 17.6. The number of carbonyl (C=O) groups excluding carboxylic acids is 1. The summed E-state index contributed by atoms with van der Waals surface area (Å²) in [5.74, 6) is -0.282. The van der Waals surface area contributed by atoms with Crippen molar-refractivity contribution in [2.24, 2.45) is 0 Å². The summed E-state index contributed by atoms with van der Waals surface area (Å²) < 4.78 is 1.37. The lowest BCUT2D eigenvalue weighted by atomic mass is 10.2. The Morgan fingerprint density at radius 1 is 1.40 bits per heavy atom. The predicted molar refractivity (Wildman–Crippen MR) is 101 cm³/mol. The molecule has 5 nitrogen and oxygen atoms in total. The molecule has 0 fully saturated rings. The van der Waals surface area contributed by atoms with Crippen LogP contribution in [0.4, 0.5) is 5.69 Å². The Bertz CT molecular complexity index is 1050. The third kappa shape index (κ3) is 2.96. The molecule has 1 aliphatic carbocycles. The van der Waals surface area contributed by atoms with E-state index in [1.165, 1.54) is 15.8 Å². The molecule has 2 heterocycles. The minimum atomic E-state index is -0.282. The van der Waals surface area contributed by atoms with E-state index < -0.39 is 0 Å². The molecule has 25 heavy (non-hydrogen) atoms. The van der Waals surface area contributed by atoms with Gasteiger partial charge < -0.3 is 5.32 Å². The van der Waals surface area contributed by atoms with Gasteiger partial charge in [0.15, 0.2) is 0 Å². The van der Waals surface area contributed by atoms with E-state index in [1.54, 1.807) is 23.5 Å². The largest absolute Gasteiger partial charge is 0.324 e. The smallest absolute Gasteiger partial charge is 0.262 e. The van der Waals surface area contributed by atoms with Crippen molar-refractivity contribution in [3.63, 3.8) is 0 Å². The summed E-state index contributed by atoms with van der Waals surface area (Å²) >= 11 is 7.67. The molecule has 0 atom stereocenters. The Kier molecular flexibility index (Phi) is 4.09. The monoisotopic (exact) mass is 373 g/mol. The summed E-state index contributed by atoms with van der Waals surface area (Å²) in [5, 5.41) is 4.05. The van der Waals surface area contributed by atoms with Crippen LogP contribution < -0.4 is 10.9 Å². The average Bonchev–Trinajstić information content (AvgIpc) is 3.14. The normalized spacial score (nSPS) is 13.2. The third-order valence-corrected chi connectivity index (χ3v) is 6.07. The summed E-state index contributed by atoms with van der Waals surface area (Å²) in [6, 6.07) is 5.33. The fourth-order valence-corrected chi connectivity index (χ4v) is 4.56. The number of rotatable bonds is 3. The molecule has 0 radical (unpaired) electrons. The van der Waals surface area contributed by atoms with Crippen LogP contribution >= 0.6 is 22.9 Å². The standard InChI is InChI=1S/C18H16ClN3O2S/c1-10-5-6-11(7-13(10)19)21-15(23)8-22-9-20-17-16(18(22)24)12-3-2-4-14(12)25-17/h5-7,9H,2-4,8H2,1H3,(H,21,23). The van der Waals surface area contributed by atoms with Crippen LogP contribution in [0.1, 0.15) is 22.4 Å². The van der Waals surface area contributed by atoms with E-state index in [0.717, 1.165) is 35.2 Å². The second kappa shape index (κ2) is 6.28. The minimum absolute atomic E-state index is 0.0715. The molecule has 0 aliphatic heterocycles. The van der Waals surface area contributed by atoms with Crippen LogP contribution in [0.15, 0.2) is 29.3 Å². The number of nitrogens with one attached hydrogen (secondary N) is 1. The molecule has 1 aliphatic rings. The minimum Gasteiger partial charge on any atom is -0.324 e. The van der Waals surface area contributed by atoms with E-state index in [1.807, 2.05) is 13.0 Å².